The Balaban J connectivity index is 2.23. The van der Waals surface area contributed by atoms with E-state index in [9.17, 15) is 0 Å². The van der Waals surface area contributed by atoms with E-state index in [0.29, 0.717) is 0 Å². The van der Waals surface area contributed by atoms with Crippen LogP contribution in [0.2, 0.25) is 0 Å². The summed E-state index contributed by atoms with van der Waals surface area (Å²) in [6.07, 6.45) is 4.48. The molecule has 3 nitrogen and oxygen atoms in total. The number of hydrazine groups is 1. The van der Waals surface area contributed by atoms with Crippen LogP contribution in [0, 0.1) is 0 Å². The summed E-state index contributed by atoms with van der Waals surface area (Å²) in [5.74, 6) is 0. The summed E-state index contributed by atoms with van der Waals surface area (Å²) in [5.41, 5.74) is 6.66. The molecule has 0 fully saturated rings. The molecule has 0 bridgehead atoms. The maximum absolute atomic E-state index is 3.49. The summed E-state index contributed by atoms with van der Waals surface area (Å²) >= 11 is 0. The zero-order chi connectivity index (χ0) is 12.8. The van der Waals surface area contributed by atoms with E-state index in [1.807, 2.05) is 0 Å². The SMILES string of the molecule is CC(C)(C)N1C=CC2=C(C1)N(C(C)(C)C)NC2. The van der Waals surface area contributed by atoms with Crippen molar-refractivity contribution in [2.75, 3.05) is 13.1 Å². The minimum atomic E-state index is 0.131. The zero-order valence-corrected chi connectivity index (χ0v) is 12.0. The van der Waals surface area contributed by atoms with E-state index in [1.54, 1.807) is 0 Å². The van der Waals surface area contributed by atoms with Crippen LogP contribution in [0.15, 0.2) is 23.5 Å². The lowest BCUT2D eigenvalue weighted by Gasteiger charge is -2.42. The van der Waals surface area contributed by atoms with Gasteiger partial charge in [-0.05, 0) is 53.2 Å². The number of nitrogens with one attached hydrogen (secondary N) is 1. The third-order valence-corrected chi connectivity index (χ3v) is 3.38. The molecule has 0 spiro atoms. The van der Waals surface area contributed by atoms with Crippen molar-refractivity contribution in [3.63, 3.8) is 0 Å². The lowest BCUT2D eigenvalue weighted by atomic mass is 10.0. The van der Waals surface area contributed by atoms with E-state index in [0.717, 1.165) is 13.1 Å². The van der Waals surface area contributed by atoms with E-state index in [4.69, 9.17) is 0 Å². The molecule has 3 heteroatoms. The van der Waals surface area contributed by atoms with Gasteiger partial charge in [-0.15, -0.1) is 0 Å². The molecule has 0 radical (unpaired) electrons. The molecule has 0 unspecified atom stereocenters. The Bertz CT molecular complexity index is 366. The van der Waals surface area contributed by atoms with Gasteiger partial charge in [-0.1, -0.05) is 0 Å². The maximum atomic E-state index is 3.49. The van der Waals surface area contributed by atoms with Crippen molar-refractivity contribution >= 4 is 0 Å². The van der Waals surface area contributed by atoms with E-state index in [1.165, 1.54) is 11.3 Å². The van der Waals surface area contributed by atoms with E-state index in [-0.39, 0.29) is 11.1 Å². The molecule has 0 aromatic rings. The van der Waals surface area contributed by atoms with Crippen LogP contribution in [0.3, 0.4) is 0 Å². The van der Waals surface area contributed by atoms with Crippen LogP contribution in [0.4, 0.5) is 0 Å². The zero-order valence-electron chi connectivity index (χ0n) is 12.0. The first-order valence-electron chi connectivity index (χ1n) is 6.40. The third-order valence-electron chi connectivity index (χ3n) is 3.38. The van der Waals surface area contributed by atoms with Crippen LogP contribution >= 0.6 is 0 Å². The van der Waals surface area contributed by atoms with Crippen molar-refractivity contribution in [3.8, 4) is 0 Å². The average molecular weight is 235 g/mol. The highest BCUT2D eigenvalue weighted by Gasteiger charge is 2.34. The van der Waals surface area contributed by atoms with Gasteiger partial charge in [0.2, 0.25) is 0 Å². The first-order chi connectivity index (χ1) is 7.69. The van der Waals surface area contributed by atoms with Gasteiger partial charge in [0.15, 0.2) is 0 Å². The summed E-state index contributed by atoms with van der Waals surface area (Å²) in [7, 11) is 0. The fourth-order valence-corrected chi connectivity index (χ4v) is 2.33. The molecule has 96 valence electrons. The molecule has 0 amide bonds. The van der Waals surface area contributed by atoms with Crippen LogP contribution in [0.25, 0.3) is 0 Å². The van der Waals surface area contributed by atoms with Gasteiger partial charge in [0.1, 0.15) is 0 Å². The second-order valence-electron chi connectivity index (χ2n) is 6.93. The second-order valence-corrected chi connectivity index (χ2v) is 6.93. The summed E-state index contributed by atoms with van der Waals surface area (Å²) in [4.78, 5) is 2.40. The molecule has 2 aliphatic rings. The fourth-order valence-electron chi connectivity index (χ4n) is 2.33. The molecule has 0 aromatic carbocycles. The molecule has 0 saturated heterocycles. The van der Waals surface area contributed by atoms with Crippen molar-refractivity contribution < 1.29 is 0 Å². The van der Waals surface area contributed by atoms with Gasteiger partial charge in [-0.3, -0.25) is 0 Å². The van der Waals surface area contributed by atoms with Gasteiger partial charge in [-0.2, -0.15) is 0 Å². The molecule has 2 aliphatic heterocycles. The van der Waals surface area contributed by atoms with Crippen LogP contribution in [0.5, 0.6) is 0 Å². The van der Waals surface area contributed by atoms with E-state index in [2.05, 4.69) is 69.2 Å². The van der Waals surface area contributed by atoms with E-state index < -0.39 is 0 Å². The molecule has 2 rings (SSSR count). The topological polar surface area (TPSA) is 18.5 Å². The summed E-state index contributed by atoms with van der Waals surface area (Å²) in [6.45, 7) is 15.5. The number of hydrogen-bond donors (Lipinski definition) is 1. The molecule has 0 aromatic heterocycles. The highest BCUT2D eigenvalue weighted by molar-refractivity contribution is 5.35. The van der Waals surface area contributed by atoms with Crippen LogP contribution < -0.4 is 5.43 Å². The largest absolute Gasteiger partial charge is 0.367 e. The van der Waals surface area contributed by atoms with Crippen molar-refractivity contribution in [1.29, 1.82) is 0 Å². The first kappa shape index (κ1) is 12.5. The van der Waals surface area contributed by atoms with Crippen LogP contribution in [0.1, 0.15) is 41.5 Å². The Morgan fingerprint density at radius 2 is 1.71 bits per heavy atom. The third kappa shape index (κ3) is 2.34. The molecule has 0 atom stereocenters. The molecule has 0 aliphatic carbocycles. The Labute approximate surface area is 105 Å². The summed E-state index contributed by atoms with van der Waals surface area (Å²) < 4.78 is 0. The Morgan fingerprint density at radius 3 is 2.24 bits per heavy atom. The monoisotopic (exact) mass is 235 g/mol. The van der Waals surface area contributed by atoms with Crippen molar-refractivity contribution in [2.24, 2.45) is 0 Å². The molecule has 2 heterocycles. The quantitative estimate of drug-likeness (QED) is 0.696. The van der Waals surface area contributed by atoms with Gasteiger partial charge in [0.25, 0.3) is 0 Å². The number of rotatable bonds is 0. The minimum Gasteiger partial charge on any atom is -0.367 e. The van der Waals surface area contributed by atoms with Crippen molar-refractivity contribution in [2.45, 2.75) is 52.6 Å². The first-order valence-corrected chi connectivity index (χ1v) is 6.40. The minimum absolute atomic E-state index is 0.131. The summed E-state index contributed by atoms with van der Waals surface area (Å²) in [6, 6.07) is 0. The number of nitrogens with zero attached hydrogens (tertiary/aromatic N) is 2. The van der Waals surface area contributed by atoms with Crippen molar-refractivity contribution in [1.82, 2.24) is 15.3 Å². The van der Waals surface area contributed by atoms with Gasteiger partial charge < -0.3 is 9.91 Å². The lowest BCUT2D eigenvalue weighted by Crippen LogP contribution is -2.49. The van der Waals surface area contributed by atoms with Gasteiger partial charge in [0.05, 0.1) is 12.2 Å². The van der Waals surface area contributed by atoms with Gasteiger partial charge in [0, 0.05) is 23.8 Å². The molecular weight excluding hydrogens is 210 g/mol. The highest BCUT2D eigenvalue weighted by atomic mass is 15.6. The molecule has 0 saturated carbocycles. The van der Waals surface area contributed by atoms with Crippen molar-refractivity contribution in [3.05, 3.63) is 23.5 Å². The van der Waals surface area contributed by atoms with Crippen LogP contribution in [-0.4, -0.2) is 34.1 Å². The Kier molecular flexibility index (Phi) is 2.77. The summed E-state index contributed by atoms with van der Waals surface area (Å²) in [5, 5.41) is 2.32. The smallest absolute Gasteiger partial charge is 0.0596 e. The van der Waals surface area contributed by atoms with Gasteiger partial charge >= 0.3 is 0 Å². The Hall–Kier alpha value is -0.960. The average Bonchev–Trinajstić information content (AvgIpc) is 2.57. The maximum Gasteiger partial charge on any atom is 0.0596 e. The lowest BCUT2D eigenvalue weighted by molar-refractivity contribution is 0.115. The molecule has 1 N–H and O–H groups in total. The highest BCUT2D eigenvalue weighted by Crippen LogP contribution is 2.30. The van der Waals surface area contributed by atoms with E-state index >= 15 is 0 Å². The predicted octanol–water partition coefficient (Wildman–Crippen LogP) is 2.49. The normalized spacial score (nSPS) is 21.3. The predicted molar refractivity (Wildman–Crippen MR) is 72.2 cm³/mol. The Morgan fingerprint density at radius 1 is 1.06 bits per heavy atom. The molecule has 17 heavy (non-hydrogen) atoms. The fraction of sp³-hybridized carbons (Fsp3) is 0.714. The van der Waals surface area contributed by atoms with Gasteiger partial charge in [-0.25, -0.2) is 5.43 Å². The number of hydrogen-bond acceptors (Lipinski definition) is 3. The standard InChI is InChI=1S/C14H25N3/c1-13(2,3)16-8-7-11-9-15-17(12(11)10-16)14(4,5)6/h7-8,15H,9-10H2,1-6H3. The second kappa shape index (κ2) is 3.77. The van der Waals surface area contributed by atoms with Crippen LogP contribution in [-0.2, 0) is 0 Å². The molecular formula is C14H25N3.